The number of halogens is 2. The van der Waals surface area contributed by atoms with Gasteiger partial charge in [0.2, 0.25) is 5.91 Å². The van der Waals surface area contributed by atoms with E-state index in [1.165, 1.54) is 18.2 Å². The minimum Gasteiger partial charge on any atom is -0.366 e. The lowest BCUT2D eigenvalue weighted by molar-refractivity contribution is 0.0995. The number of nitrogens with one attached hydrogen (secondary N) is 1. The third-order valence-electron chi connectivity index (χ3n) is 2.43. The molecule has 5 nitrogen and oxygen atoms in total. The Morgan fingerprint density at radius 3 is 2.60 bits per heavy atom. The van der Waals surface area contributed by atoms with Gasteiger partial charge in [0.25, 0.3) is 5.91 Å². The first-order valence-corrected chi connectivity index (χ1v) is 6.26. The highest BCUT2D eigenvalue weighted by molar-refractivity contribution is 6.35. The van der Waals surface area contributed by atoms with Crippen LogP contribution in [-0.2, 0) is 0 Å². The number of primary amides is 1. The molecule has 0 aliphatic rings. The maximum absolute atomic E-state index is 12.0. The normalized spacial score (nSPS) is 10.1. The number of anilines is 1. The van der Waals surface area contributed by atoms with Crippen molar-refractivity contribution in [3.63, 3.8) is 0 Å². The van der Waals surface area contributed by atoms with Gasteiger partial charge in [-0.05, 0) is 30.3 Å². The van der Waals surface area contributed by atoms with Crippen molar-refractivity contribution < 1.29 is 9.59 Å². The number of pyridine rings is 1. The van der Waals surface area contributed by atoms with Crippen LogP contribution in [0.25, 0.3) is 0 Å². The lowest BCUT2D eigenvalue weighted by atomic mass is 10.2. The van der Waals surface area contributed by atoms with E-state index in [4.69, 9.17) is 28.9 Å². The zero-order valence-electron chi connectivity index (χ0n) is 10.1. The molecule has 1 aromatic heterocycles. The molecule has 0 bridgehead atoms. The van der Waals surface area contributed by atoms with E-state index in [-0.39, 0.29) is 21.4 Å². The molecule has 2 rings (SSSR count). The number of amides is 2. The van der Waals surface area contributed by atoms with Crippen LogP contribution in [0, 0.1) is 0 Å². The van der Waals surface area contributed by atoms with Crippen molar-refractivity contribution in [2.45, 2.75) is 0 Å². The summed E-state index contributed by atoms with van der Waals surface area (Å²) in [5.74, 6) is -1.11. The van der Waals surface area contributed by atoms with Crippen LogP contribution in [0.3, 0.4) is 0 Å². The topological polar surface area (TPSA) is 85.1 Å². The van der Waals surface area contributed by atoms with Crippen molar-refractivity contribution >= 4 is 40.7 Å². The standard InChI is InChI=1S/C13H9Cl2N3O2/c14-9-4-5-10(15)18-11(9)13(20)17-8-3-1-2-7(6-8)12(16)19/h1-6H,(H2,16,19)(H,17,20). The summed E-state index contributed by atoms with van der Waals surface area (Å²) in [7, 11) is 0. The molecule has 2 amide bonds. The summed E-state index contributed by atoms with van der Waals surface area (Å²) in [4.78, 5) is 27.0. The highest BCUT2D eigenvalue weighted by Crippen LogP contribution is 2.19. The molecule has 0 radical (unpaired) electrons. The molecule has 0 fully saturated rings. The fourth-order valence-corrected chi connectivity index (χ4v) is 1.86. The van der Waals surface area contributed by atoms with Crippen LogP contribution in [-0.4, -0.2) is 16.8 Å². The van der Waals surface area contributed by atoms with Gasteiger partial charge in [-0.2, -0.15) is 0 Å². The van der Waals surface area contributed by atoms with E-state index >= 15 is 0 Å². The van der Waals surface area contributed by atoms with Crippen LogP contribution in [0.2, 0.25) is 10.2 Å². The third-order valence-corrected chi connectivity index (χ3v) is 2.95. The molecule has 2 aromatic rings. The lowest BCUT2D eigenvalue weighted by Crippen LogP contribution is -2.16. The molecule has 3 N–H and O–H groups in total. The Kier molecular flexibility index (Phi) is 4.22. The maximum Gasteiger partial charge on any atom is 0.275 e. The monoisotopic (exact) mass is 309 g/mol. The number of nitrogens with two attached hydrogens (primary N) is 1. The summed E-state index contributed by atoms with van der Waals surface area (Å²) >= 11 is 11.6. The van der Waals surface area contributed by atoms with Gasteiger partial charge in [-0.1, -0.05) is 29.3 Å². The van der Waals surface area contributed by atoms with Crippen molar-refractivity contribution in [3.05, 3.63) is 57.8 Å². The van der Waals surface area contributed by atoms with Gasteiger partial charge in [0, 0.05) is 11.3 Å². The number of rotatable bonds is 3. The molecular formula is C13H9Cl2N3O2. The van der Waals surface area contributed by atoms with Gasteiger partial charge < -0.3 is 11.1 Å². The maximum atomic E-state index is 12.0. The van der Waals surface area contributed by atoms with E-state index in [2.05, 4.69) is 10.3 Å². The van der Waals surface area contributed by atoms with Gasteiger partial charge in [0.15, 0.2) is 0 Å². The summed E-state index contributed by atoms with van der Waals surface area (Å²) < 4.78 is 0. The van der Waals surface area contributed by atoms with Crippen LogP contribution in [0.5, 0.6) is 0 Å². The number of hydrogen-bond acceptors (Lipinski definition) is 3. The number of carbonyl (C=O) groups excluding carboxylic acids is 2. The van der Waals surface area contributed by atoms with E-state index in [9.17, 15) is 9.59 Å². The van der Waals surface area contributed by atoms with E-state index in [0.29, 0.717) is 5.69 Å². The molecule has 0 spiro atoms. The van der Waals surface area contributed by atoms with E-state index in [1.807, 2.05) is 0 Å². The Labute approximate surface area is 124 Å². The van der Waals surface area contributed by atoms with Crippen LogP contribution in [0.15, 0.2) is 36.4 Å². The molecule has 0 unspecified atom stereocenters. The largest absolute Gasteiger partial charge is 0.366 e. The molecule has 1 aromatic carbocycles. The van der Waals surface area contributed by atoms with Gasteiger partial charge in [-0.25, -0.2) is 4.98 Å². The summed E-state index contributed by atoms with van der Waals surface area (Å²) in [6.45, 7) is 0. The van der Waals surface area contributed by atoms with E-state index < -0.39 is 11.8 Å². The van der Waals surface area contributed by atoms with Gasteiger partial charge in [-0.3, -0.25) is 9.59 Å². The second-order valence-corrected chi connectivity index (χ2v) is 4.66. The Bertz CT molecular complexity index is 689. The Morgan fingerprint density at radius 2 is 1.90 bits per heavy atom. The highest BCUT2D eigenvalue weighted by Gasteiger charge is 2.13. The Balaban J connectivity index is 2.25. The first kappa shape index (κ1) is 14.3. The SMILES string of the molecule is NC(=O)c1cccc(NC(=O)c2nc(Cl)ccc2Cl)c1. The van der Waals surface area contributed by atoms with Gasteiger partial charge >= 0.3 is 0 Å². The molecule has 0 saturated carbocycles. The summed E-state index contributed by atoms with van der Waals surface area (Å²) in [6, 6.07) is 9.17. The predicted octanol–water partition coefficient (Wildman–Crippen LogP) is 2.74. The summed E-state index contributed by atoms with van der Waals surface area (Å²) in [6.07, 6.45) is 0. The molecule has 0 aliphatic heterocycles. The van der Waals surface area contributed by atoms with Crippen molar-refractivity contribution in [2.24, 2.45) is 5.73 Å². The van der Waals surface area contributed by atoms with Crippen LogP contribution in [0.4, 0.5) is 5.69 Å². The summed E-state index contributed by atoms with van der Waals surface area (Å²) in [5.41, 5.74) is 5.86. The van der Waals surface area contributed by atoms with Crippen molar-refractivity contribution in [2.75, 3.05) is 5.32 Å². The van der Waals surface area contributed by atoms with Crippen molar-refractivity contribution in [3.8, 4) is 0 Å². The van der Waals surface area contributed by atoms with Crippen molar-refractivity contribution in [1.29, 1.82) is 0 Å². The molecule has 0 atom stereocenters. The molecule has 0 saturated heterocycles. The Morgan fingerprint density at radius 1 is 1.15 bits per heavy atom. The lowest BCUT2D eigenvalue weighted by Gasteiger charge is -2.07. The minimum absolute atomic E-state index is 0.00337. The van der Waals surface area contributed by atoms with Gasteiger partial charge in [-0.15, -0.1) is 0 Å². The van der Waals surface area contributed by atoms with E-state index in [1.54, 1.807) is 18.2 Å². The smallest absolute Gasteiger partial charge is 0.275 e. The number of hydrogen-bond donors (Lipinski definition) is 2. The minimum atomic E-state index is -0.583. The molecule has 0 aliphatic carbocycles. The fraction of sp³-hybridized carbons (Fsp3) is 0. The van der Waals surface area contributed by atoms with Gasteiger partial charge in [0.05, 0.1) is 5.02 Å². The van der Waals surface area contributed by atoms with E-state index in [0.717, 1.165) is 0 Å². The summed E-state index contributed by atoms with van der Waals surface area (Å²) in [5, 5.41) is 2.91. The number of nitrogens with zero attached hydrogens (tertiary/aromatic N) is 1. The number of aromatic nitrogens is 1. The second-order valence-electron chi connectivity index (χ2n) is 3.86. The quantitative estimate of drug-likeness (QED) is 0.855. The first-order chi connectivity index (χ1) is 9.47. The number of benzene rings is 1. The van der Waals surface area contributed by atoms with Crippen molar-refractivity contribution in [1.82, 2.24) is 4.98 Å². The van der Waals surface area contributed by atoms with Crippen LogP contribution >= 0.6 is 23.2 Å². The molecule has 1 heterocycles. The molecule has 102 valence electrons. The molecule has 20 heavy (non-hydrogen) atoms. The second kappa shape index (κ2) is 5.90. The van der Waals surface area contributed by atoms with Crippen LogP contribution < -0.4 is 11.1 Å². The average molecular weight is 310 g/mol. The first-order valence-electron chi connectivity index (χ1n) is 5.50. The molecular weight excluding hydrogens is 301 g/mol. The Hall–Kier alpha value is -2.11. The number of carbonyl (C=O) groups is 2. The highest BCUT2D eigenvalue weighted by atomic mass is 35.5. The third kappa shape index (κ3) is 3.26. The van der Waals surface area contributed by atoms with Crippen LogP contribution in [0.1, 0.15) is 20.8 Å². The zero-order chi connectivity index (χ0) is 14.7. The fourth-order valence-electron chi connectivity index (χ4n) is 1.52. The van der Waals surface area contributed by atoms with Gasteiger partial charge in [0.1, 0.15) is 10.8 Å². The zero-order valence-corrected chi connectivity index (χ0v) is 11.6. The average Bonchev–Trinajstić information content (AvgIpc) is 2.41. The molecule has 7 heteroatoms. The predicted molar refractivity (Wildman–Crippen MR) is 77.2 cm³/mol.